The van der Waals surface area contributed by atoms with Gasteiger partial charge in [-0.1, -0.05) is 37.3 Å². The van der Waals surface area contributed by atoms with Gasteiger partial charge >= 0.3 is 0 Å². The number of nitrogens with one attached hydrogen (secondary N) is 2. The molecule has 6 heteroatoms. The van der Waals surface area contributed by atoms with Gasteiger partial charge < -0.3 is 5.32 Å². The van der Waals surface area contributed by atoms with Crippen molar-refractivity contribution in [1.29, 1.82) is 0 Å². The molecule has 1 aromatic heterocycles. The zero-order chi connectivity index (χ0) is 17.2. The van der Waals surface area contributed by atoms with E-state index in [4.69, 9.17) is 0 Å². The molecule has 2 heterocycles. The van der Waals surface area contributed by atoms with E-state index in [0.29, 0.717) is 6.04 Å². The van der Waals surface area contributed by atoms with Crippen LogP contribution in [0.2, 0.25) is 0 Å². The minimum atomic E-state index is -0.317. The Hall–Kier alpha value is -2.21. The summed E-state index contributed by atoms with van der Waals surface area (Å²) in [5.41, 5.74) is 1.01. The maximum Gasteiger partial charge on any atom is 0.241 e. The topological polar surface area (TPSA) is 71.8 Å². The first-order valence-electron chi connectivity index (χ1n) is 9.27. The lowest BCUT2D eigenvalue weighted by Crippen LogP contribution is -2.46. The number of amides is 1. The monoisotopic (exact) mass is 339 g/mol. The lowest BCUT2D eigenvalue weighted by molar-refractivity contribution is -0.123. The molecular formula is C19H25N5O. The number of nitrogens with zero attached hydrogens (tertiary/aromatic N) is 3. The van der Waals surface area contributed by atoms with Crippen LogP contribution in [-0.2, 0) is 24.2 Å². The van der Waals surface area contributed by atoms with Gasteiger partial charge in [0.05, 0.1) is 6.54 Å². The number of fused-ring (bicyclic) bond motifs is 1. The van der Waals surface area contributed by atoms with Gasteiger partial charge in [0, 0.05) is 24.9 Å². The molecule has 132 valence electrons. The normalized spacial score (nSPS) is 20.8. The molecule has 0 bridgehead atoms. The minimum absolute atomic E-state index is 0.0762. The predicted octanol–water partition coefficient (Wildman–Crippen LogP) is 1.76. The third-order valence-electron chi connectivity index (χ3n) is 4.94. The lowest BCUT2D eigenvalue weighted by atomic mass is 10.0. The molecule has 2 atom stereocenters. The molecule has 2 N–H and O–H groups in total. The molecule has 1 saturated carbocycles. The van der Waals surface area contributed by atoms with Crippen molar-refractivity contribution in [3.05, 3.63) is 47.5 Å². The van der Waals surface area contributed by atoms with Crippen LogP contribution < -0.4 is 10.6 Å². The number of rotatable bonds is 6. The third kappa shape index (κ3) is 3.74. The first-order valence-corrected chi connectivity index (χ1v) is 9.27. The summed E-state index contributed by atoms with van der Waals surface area (Å²) in [5.74, 6) is 2.04. The molecule has 6 nitrogen and oxygen atoms in total. The summed E-state index contributed by atoms with van der Waals surface area (Å²) in [6, 6.07) is 10.2. The van der Waals surface area contributed by atoms with E-state index in [9.17, 15) is 4.79 Å². The molecule has 1 aliphatic carbocycles. The van der Waals surface area contributed by atoms with Gasteiger partial charge in [-0.25, -0.2) is 9.67 Å². The van der Waals surface area contributed by atoms with Crippen LogP contribution in [-0.4, -0.2) is 32.8 Å². The second kappa shape index (κ2) is 6.96. The molecule has 2 aromatic rings. The van der Waals surface area contributed by atoms with E-state index in [0.717, 1.165) is 55.9 Å². The summed E-state index contributed by atoms with van der Waals surface area (Å²) < 4.78 is 2.00. The van der Waals surface area contributed by atoms with Gasteiger partial charge in [0.2, 0.25) is 5.91 Å². The summed E-state index contributed by atoms with van der Waals surface area (Å²) in [4.78, 5) is 17.3. The minimum Gasteiger partial charge on any atom is -0.352 e. The number of hydrogen-bond acceptors (Lipinski definition) is 4. The van der Waals surface area contributed by atoms with Gasteiger partial charge in [-0.2, -0.15) is 5.10 Å². The van der Waals surface area contributed by atoms with E-state index in [1.807, 2.05) is 35.0 Å². The molecule has 2 aliphatic rings. The van der Waals surface area contributed by atoms with Crippen molar-refractivity contribution < 1.29 is 4.79 Å². The molecular weight excluding hydrogens is 314 g/mol. The number of aromatic nitrogens is 3. The van der Waals surface area contributed by atoms with Crippen molar-refractivity contribution in [1.82, 2.24) is 25.4 Å². The van der Waals surface area contributed by atoms with Crippen LogP contribution in [0, 0.1) is 0 Å². The van der Waals surface area contributed by atoms with Gasteiger partial charge in [-0.15, -0.1) is 0 Å². The van der Waals surface area contributed by atoms with Gasteiger partial charge in [0.1, 0.15) is 11.9 Å². The molecule has 4 rings (SSSR count). The Labute approximate surface area is 148 Å². The maximum atomic E-state index is 12.8. The number of aryl methyl sites for hydroxylation is 2. The first-order chi connectivity index (χ1) is 12.2. The molecule has 0 spiro atoms. The standard InChI is InChI=1S/C19H25N5O/c1-2-16-22-17-11-10-15(12-24(17)23-16)20-18(13-6-4-3-5-7-13)19(25)21-14-8-9-14/h3-7,14-15,18,20H,2,8-12H2,1H3,(H,21,25)/t15-,18-/m0/s1. The lowest BCUT2D eigenvalue weighted by Gasteiger charge is -2.28. The molecule has 1 aliphatic heterocycles. The zero-order valence-corrected chi connectivity index (χ0v) is 14.6. The largest absolute Gasteiger partial charge is 0.352 e. The van der Waals surface area contributed by atoms with E-state index in [1.54, 1.807) is 0 Å². The van der Waals surface area contributed by atoms with Crippen LogP contribution in [0.15, 0.2) is 30.3 Å². The van der Waals surface area contributed by atoms with Gasteiger partial charge in [-0.3, -0.25) is 10.1 Å². The van der Waals surface area contributed by atoms with E-state index >= 15 is 0 Å². The van der Waals surface area contributed by atoms with Crippen LogP contribution in [0.1, 0.15) is 49.4 Å². The molecule has 1 aromatic carbocycles. The Morgan fingerprint density at radius 1 is 1.24 bits per heavy atom. The van der Waals surface area contributed by atoms with Crippen LogP contribution in [0.4, 0.5) is 0 Å². The fourth-order valence-electron chi connectivity index (χ4n) is 3.36. The zero-order valence-electron chi connectivity index (χ0n) is 14.6. The Morgan fingerprint density at radius 2 is 2.04 bits per heavy atom. The van der Waals surface area contributed by atoms with Crippen molar-refractivity contribution in [3.8, 4) is 0 Å². The molecule has 25 heavy (non-hydrogen) atoms. The molecule has 0 radical (unpaired) electrons. The fraction of sp³-hybridized carbons (Fsp3) is 0.526. The van der Waals surface area contributed by atoms with Crippen molar-refractivity contribution in [2.75, 3.05) is 0 Å². The Bertz CT molecular complexity index is 738. The van der Waals surface area contributed by atoms with E-state index in [2.05, 4.69) is 27.6 Å². The average Bonchev–Trinajstić information content (AvgIpc) is 3.35. The molecule has 0 saturated heterocycles. The fourth-order valence-corrected chi connectivity index (χ4v) is 3.36. The highest BCUT2D eigenvalue weighted by Crippen LogP contribution is 2.23. The van der Waals surface area contributed by atoms with Crippen molar-refractivity contribution in [2.24, 2.45) is 0 Å². The smallest absolute Gasteiger partial charge is 0.241 e. The van der Waals surface area contributed by atoms with E-state index in [1.165, 1.54) is 0 Å². The SMILES string of the molecule is CCc1nc2n(n1)C[C@@H](N[C@H](C(=O)NC1CC1)c1ccccc1)CC2. The van der Waals surface area contributed by atoms with Gasteiger partial charge in [0.15, 0.2) is 5.82 Å². The third-order valence-corrected chi connectivity index (χ3v) is 4.94. The van der Waals surface area contributed by atoms with Gasteiger partial charge in [-0.05, 0) is 24.8 Å². The summed E-state index contributed by atoms with van der Waals surface area (Å²) >= 11 is 0. The quantitative estimate of drug-likeness (QED) is 0.841. The Balaban J connectivity index is 1.49. The predicted molar refractivity (Wildman–Crippen MR) is 95.0 cm³/mol. The van der Waals surface area contributed by atoms with Crippen molar-refractivity contribution in [3.63, 3.8) is 0 Å². The van der Waals surface area contributed by atoms with Crippen LogP contribution in [0.25, 0.3) is 0 Å². The van der Waals surface area contributed by atoms with Crippen molar-refractivity contribution in [2.45, 2.75) is 63.7 Å². The highest BCUT2D eigenvalue weighted by atomic mass is 16.2. The summed E-state index contributed by atoms with van der Waals surface area (Å²) in [6.45, 7) is 2.84. The van der Waals surface area contributed by atoms with Crippen LogP contribution in [0.3, 0.4) is 0 Å². The van der Waals surface area contributed by atoms with Crippen LogP contribution >= 0.6 is 0 Å². The summed E-state index contributed by atoms with van der Waals surface area (Å²) in [7, 11) is 0. The highest BCUT2D eigenvalue weighted by Gasteiger charge is 2.31. The Kier molecular flexibility index (Phi) is 4.53. The van der Waals surface area contributed by atoms with E-state index < -0.39 is 0 Å². The molecule has 0 unspecified atom stereocenters. The van der Waals surface area contributed by atoms with Crippen LogP contribution in [0.5, 0.6) is 0 Å². The Morgan fingerprint density at radius 3 is 2.76 bits per heavy atom. The number of benzene rings is 1. The van der Waals surface area contributed by atoms with Gasteiger partial charge in [0.25, 0.3) is 0 Å². The first kappa shape index (κ1) is 16.3. The maximum absolute atomic E-state index is 12.8. The highest BCUT2D eigenvalue weighted by molar-refractivity contribution is 5.83. The second-order valence-corrected chi connectivity index (χ2v) is 7.01. The molecule has 1 amide bonds. The van der Waals surface area contributed by atoms with Crippen molar-refractivity contribution >= 4 is 5.91 Å². The number of carbonyl (C=O) groups excluding carboxylic acids is 1. The summed E-state index contributed by atoms with van der Waals surface area (Å²) in [6.07, 6.45) is 4.92. The average molecular weight is 339 g/mol. The number of carbonyl (C=O) groups is 1. The second-order valence-electron chi connectivity index (χ2n) is 7.01. The van der Waals surface area contributed by atoms with E-state index in [-0.39, 0.29) is 18.0 Å². The summed E-state index contributed by atoms with van der Waals surface area (Å²) in [5, 5.41) is 11.3. The number of hydrogen-bond donors (Lipinski definition) is 2. The molecule has 1 fully saturated rings.